The zero-order valence-electron chi connectivity index (χ0n) is 14.1. The summed E-state index contributed by atoms with van der Waals surface area (Å²) in [6, 6.07) is 9.05. The van der Waals surface area contributed by atoms with Crippen LogP contribution >= 0.6 is 0 Å². The summed E-state index contributed by atoms with van der Waals surface area (Å²) in [6.45, 7) is 0. The number of carbonyl (C=O) groups is 2. The third-order valence-corrected chi connectivity index (χ3v) is 4.35. The van der Waals surface area contributed by atoms with Gasteiger partial charge in [-0.2, -0.15) is 5.10 Å². The Balaban J connectivity index is 1.62. The number of rotatable bonds is 5. The molecule has 1 N–H and O–H groups in total. The number of benzene rings is 1. The van der Waals surface area contributed by atoms with Gasteiger partial charge >= 0.3 is 5.97 Å². The predicted molar refractivity (Wildman–Crippen MR) is 95.2 cm³/mol. The standard InChI is InChI=1S/C19H21N3O3/c1-25-19(24)15-9-6-14(7-10-15)8-11-18(23)21-17-12-13-20-22(17)16-4-2-3-5-16/h6-13,16H,2-5H2,1H3,(H,21,23)/b11-8+. The van der Waals surface area contributed by atoms with Gasteiger partial charge < -0.3 is 10.1 Å². The van der Waals surface area contributed by atoms with E-state index in [4.69, 9.17) is 0 Å². The van der Waals surface area contributed by atoms with Gasteiger partial charge in [0.1, 0.15) is 5.82 Å². The summed E-state index contributed by atoms with van der Waals surface area (Å²) < 4.78 is 6.56. The number of hydrogen-bond acceptors (Lipinski definition) is 4. The fourth-order valence-corrected chi connectivity index (χ4v) is 3.04. The maximum Gasteiger partial charge on any atom is 0.337 e. The second-order valence-electron chi connectivity index (χ2n) is 6.04. The molecule has 1 saturated carbocycles. The van der Waals surface area contributed by atoms with Crippen LogP contribution in [-0.4, -0.2) is 28.8 Å². The van der Waals surface area contributed by atoms with Gasteiger partial charge in [0.2, 0.25) is 5.91 Å². The van der Waals surface area contributed by atoms with E-state index in [1.807, 2.05) is 10.7 Å². The van der Waals surface area contributed by atoms with E-state index >= 15 is 0 Å². The molecule has 130 valence electrons. The molecule has 6 heteroatoms. The SMILES string of the molecule is COC(=O)c1ccc(/C=C/C(=O)Nc2ccnn2C2CCCC2)cc1. The number of carbonyl (C=O) groups excluding carboxylic acids is 2. The van der Waals surface area contributed by atoms with E-state index in [9.17, 15) is 9.59 Å². The minimum atomic E-state index is -0.381. The lowest BCUT2D eigenvalue weighted by Gasteiger charge is -2.13. The highest BCUT2D eigenvalue weighted by Gasteiger charge is 2.20. The van der Waals surface area contributed by atoms with Gasteiger partial charge in [0.05, 0.1) is 24.9 Å². The molecule has 2 aromatic rings. The fraction of sp³-hybridized carbons (Fsp3) is 0.316. The van der Waals surface area contributed by atoms with Crippen LogP contribution in [0.5, 0.6) is 0 Å². The molecular formula is C19H21N3O3. The first-order valence-corrected chi connectivity index (χ1v) is 8.38. The van der Waals surface area contributed by atoms with E-state index in [0.29, 0.717) is 11.6 Å². The van der Waals surface area contributed by atoms with Crippen molar-refractivity contribution in [2.45, 2.75) is 31.7 Å². The first-order chi connectivity index (χ1) is 12.2. The van der Waals surface area contributed by atoms with Gasteiger partial charge in [0.15, 0.2) is 0 Å². The van der Waals surface area contributed by atoms with Gasteiger partial charge in [0, 0.05) is 12.1 Å². The molecule has 0 radical (unpaired) electrons. The van der Waals surface area contributed by atoms with Gasteiger partial charge in [-0.15, -0.1) is 0 Å². The minimum Gasteiger partial charge on any atom is -0.465 e. The Morgan fingerprint density at radius 2 is 1.92 bits per heavy atom. The molecule has 0 unspecified atom stereocenters. The summed E-state index contributed by atoms with van der Waals surface area (Å²) in [5.74, 6) is 0.132. The summed E-state index contributed by atoms with van der Waals surface area (Å²) >= 11 is 0. The Kier molecular flexibility index (Phi) is 5.28. The molecule has 0 atom stereocenters. The minimum absolute atomic E-state index is 0.211. The first kappa shape index (κ1) is 17.0. The van der Waals surface area contributed by atoms with Crippen LogP contribution in [0.15, 0.2) is 42.6 Å². The molecule has 0 spiro atoms. The molecule has 1 aromatic carbocycles. The quantitative estimate of drug-likeness (QED) is 0.669. The summed E-state index contributed by atoms with van der Waals surface area (Å²) in [5.41, 5.74) is 1.30. The predicted octanol–water partition coefficient (Wildman–Crippen LogP) is 3.44. The summed E-state index contributed by atoms with van der Waals surface area (Å²) in [5, 5.41) is 7.21. The average Bonchev–Trinajstić information content (AvgIpc) is 3.31. The topological polar surface area (TPSA) is 73.2 Å². The molecular weight excluding hydrogens is 318 g/mol. The van der Waals surface area contributed by atoms with E-state index < -0.39 is 0 Å². The highest BCUT2D eigenvalue weighted by atomic mass is 16.5. The molecule has 0 bridgehead atoms. The van der Waals surface area contributed by atoms with Crippen molar-refractivity contribution in [1.82, 2.24) is 9.78 Å². The number of esters is 1. The number of nitrogens with one attached hydrogen (secondary N) is 1. The van der Waals surface area contributed by atoms with Gasteiger partial charge in [-0.3, -0.25) is 4.79 Å². The van der Waals surface area contributed by atoms with E-state index in [-0.39, 0.29) is 11.9 Å². The summed E-state index contributed by atoms with van der Waals surface area (Å²) in [7, 11) is 1.34. The third kappa shape index (κ3) is 4.15. The Bertz CT molecular complexity index is 771. The number of hydrogen-bond donors (Lipinski definition) is 1. The zero-order chi connectivity index (χ0) is 17.6. The maximum atomic E-state index is 12.2. The normalized spacial score (nSPS) is 14.8. The molecule has 0 aliphatic heterocycles. The number of aromatic nitrogens is 2. The van der Waals surface area contributed by atoms with Crippen molar-refractivity contribution in [3.05, 3.63) is 53.7 Å². The highest BCUT2D eigenvalue weighted by molar-refractivity contribution is 6.01. The van der Waals surface area contributed by atoms with Gasteiger partial charge in [0.25, 0.3) is 0 Å². The number of amides is 1. The molecule has 1 aliphatic carbocycles. The molecule has 1 aromatic heterocycles. The van der Waals surface area contributed by atoms with Gasteiger partial charge in [-0.1, -0.05) is 25.0 Å². The van der Waals surface area contributed by atoms with Crippen LogP contribution in [0.2, 0.25) is 0 Å². The Morgan fingerprint density at radius 1 is 1.20 bits per heavy atom. The largest absolute Gasteiger partial charge is 0.465 e. The molecule has 6 nitrogen and oxygen atoms in total. The van der Waals surface area contributed by atoms with Crippen LogP contribution in [0.1, 0.15) is 47.6 Å². The van der Waals surface area contributed by atoms with Crippen molar-refractivity contribution in [2.75, 3.05) is 12.4 Å². The molecule has 1 heterocycles. The van der Waals surface area contributed by atoms with Crippen molar-refractivity contribution in [2.24, 2.45) is 0 Å². The number of ether oxygens (including phenoxy) is 1. The first-order valence-electron chi connectivity index (χ1n) is 8.38. The van der Waals surface area contributed by atoms with Crippen LogP contribution in [0.3, 0.4) is 0 Å². The van der Waals surface area contributed by atoms with Gasteiger partial charge in [-0.05, 0) is 36.6 Å². The van der Waals surface area contributed by atoms with Gasteiger partial charge in [-0.25, -0.2) is 9.48 Å². The summed E-state index contributed by atoms with van der Waals surface area (Å²) in [4.78, 5) is 23.6. The van der Waals surface area contributed by atoms with E-state index in [0.717, 1.165) is 24.2 Å². The molecule has 0 saturated heterocycles. The second kappa shape index (κ2) is 7.79. The van der Waals surface area contributed by atoms with Crippen molar-refractivity contribution in [3.8, 4) is 0 Å². The number of anilines is 1. The Labute approximate surface area is 146 Å². The van der Waals surface area contributed by atoms with Crippen LogP contribution in [-0.2, 0) is 9.53 Å². The maximum absolute atomic E-state index is 12.2. The number of methoxy groups -OCH3 is 1. The molecule has 25 heavy (non-hydrogen) atoms. The molecule has 1 aliphatic rings. The van der Waals surface area contributed by atoms with Crippen molar-refractivity contribution in [3.63, 3.8) is 0 Å². The second-order valence-corrected chi connectivity index (χ2v) is 6.04. The molecule has 1 fully saturated rings. The fourth-order valence-electron chi connectivity index (χ4n) is 3.04. The smallest absolute Gasteiger partial charge is 0.337 e. The Morgan fingerprint density at radius 3 is 2.60 bits per heavy atom. The van der Waals surface area contributed by atoms with Crippen molar-refractivity contribution < 1.29 is 14.3 Å². The van der Waals surface area contributed by atoms with E-state index in [2.05, 4.69) is 15.2 Å². The van der Waals surface area contributed by atoms with Crippen LogP contribution in [0, 0.1) is 0 Å². The molecule has 3 rings (SSSR count). The average molecular weight is 339 g/mol. The molecule has 1 amide bonds. The third-order valence-electron chi connectivity index (χ3n) is 4.35. The monoisotopic (exact) mass is 339 g/mol. The van der Waals surface area contributed by atoms with Crippen LogP contribution in [0.25, 0.3) is 6.08 Å². The van der Waals surface area contributed by atoms with Crippen LogP contribution in [0.4, 0.5) is 5.82 Å². The lowest BCUT2D eigenvalue weighted by atomic mass is 10.1. The van der Waals surface area contributed by atoms with E-state index in [1.54, 1.807) is 36.5 Å². The zero-order valence-corrected chi connectivity index (χ0v) is 14.1. The van der Waals surface area contributed by atoms with Crippen molar-refractivity contribution >= 4 is 23.8 Å². The lowest BCUT2D eigenvalue weighted by molar-refractivity contribution is -0.111. The van der Waals surface area contributed by atoms with E-state index in [1.165, 1.54) is 26.0 Å². The summed E-state index contributed by atoms with van der Waals surface area (Å²) in [6.07, 6.45) is 9.51. The lowest BCUT2D eigenvalue weighted by Crippen LogP contribution is -2.15. The highest BCUT2D eigenvalue weighted by Crippen LogP contribution is 2.31. The Hall–Kier alpha value is -2.89. The van der Waals surface area contributed by atoms with Crippen LogP contribution < -0.4 is 5.32 Å². The van der Waals surface area contributed by atoms with Crippen molar-refractivity contribution in [1.29, 1.82) is 0 Å². The number of nitrogens with zero attached hydrogens (tertiary/aromatic N) is 2.